The number of rotatable bonds is 4. The second kappa shape index (κ2) is 5.35. The highest BCUT2D eigenvalue weighted by atomic mass is 16.3. The Labute approximate surface area is 132 Å². The highest BCUT2D eigenvalue weighted by Crippen LogP contribution is 2.16. The van der Waals surface area contributed by atoms with Crippen LogP contribution in [0.25, 0.3) is 17.0 Å². The average molecular weight is 308 g/mol. The number of hydrogen-bond acceptors (Lipinski definition) is 5. The van der Waals surface area contributed by atoms with E-state index in [1.165, 1.54) is 0 Å². The third kappa shape index (κ3) is 2.50. The van der Waals surface area contributed by atoms with Crippen molar-refractivity contribution in [3.8, 4) is 11.4 Å². The summed E-state index contributed by atoms with van der Waals surface area (Å²) in [6.07, 6.45) is 8.51. The van der Waals surface area contributed by atoms with E-state index in [0.29, 0.717) is 0 Å². The summed E-state index contributed by atoms with van der Waals surface area (Å²) in [5, 5.41) is 4.56. The minimum atomic E-state index is 0.744. The Bertz CT molecular complexity index is 911. The van der Waals surface area contributed by atoms with E-state index in [1.54, 1.807) is 12.5 Å². The maximum absolute atomic E-state index is 5.07. The van der Waals surface area contributed by atoms with Gasteiger partial charge in [0, 0.05) is 24.5 Å². The first kappa shape index (κ1) is 13.7. The number of aryl methyl sites for hydroxylation is 4. The predicted molar refractivity (Wildman–Crippen MR) is 84.0 cm³/mol. The van der Waals surface area contributed by atoms with Crippen molar-refractivity contribution in [1.82, 2.24) is 29.5 Å². The van der Waals surface area contributed by atoms with E-state index in [9.17, 15) is 0 Å². The summed E-state index contributed by atoms with van der Waals surface area (Å²) in [7, 11) is 0. The summed E-state index contributed by atoms with van der Waals surface area (Å²) in [6.45, 7) is 3.92. The molecule has 4 rings (SSSR count). The first-order valence-electron chi connectivity index (χ1n) is 7.45. The Morgan fingerprint density at radius 2 is 2.09 bits per heavy atom. The predicted octanol–water partition coefficient (Wildman–Crippen LogP) is 2.51. The highest BCUT2D eigenvalue weighted by Gasteiger charge is 2.10. The number of furan rings is 1. The summed E-state index contributed by atoms with van der Waals surface area (Å²) in [5.41, 5.74) is 4.68. The van der Waals surface area contributed by atoms with Crippen LogP contribution in [0.3, 0.4) is 0 Å². The van der Waals surface area contributed by atoms with Crippen LogP contribution in [-0.4, -0.2) is 29.5 Å². The molecule has 0 aliphatic rings. The molecule has 0 saturated heterocycles. The number of fused-ring (bicyclic) bond motifs is 1. The van der Waals surface area contributed by atoms with Gasteiger partial charge in [-0.1, -0.05) is 0 Å². The molecule has 0 amide bonds. The molecular formula is C16H16N6O. The molecule has 1 N–H and O–H groups in total. The molecule has 0 aromatic carbocycles. The van der Waals surface area contributed by atoms with Crippen LogP contribution in [-0.2, 0) is 12.8 Å². The van der Waals surface area contributed by atoms with Crippen molar-refractivity contribution < 1.29 is 4.42 Å². The van der Waals surface area contributed by atoms with Crippen molar-refractivity contribution in [2.24, 2.45) is 0 Å². The lowest BCUT2D eigenvalue weighted by atomic mass is 10.2. The Kier molecular flexibility index (Phi) is 3.18. The quantitative estimate of drug-likeness (QED) is 0.626. The Morgan fingerprint density at radius 1 is 1.17 bits per heavy atom. The average Bonchev–Trinajstić information content (AvgIpc) is 3.28. The Balaban J connectivity index is 1.53. The molecule has 4 heterocycles. The minimum absolute atomic E-state index is 0.744. The summed E-state index contributed by atoms with van der Waals surface area (Å²) in [4.78, 5) is 16.6. The molecule has 116 valence electrons. The molecule has 4 aromatic rings. The molecule has 4 aromatic heterocycles. The summed E-state index contributed by atoms with van der Waals surface area (Å²) >= 11 is 0. The maximum Gasteiger partial charge on any atom is 0.177 e. The van der Waals surface area contributed by atoms with Gasteiger partial charge >= 0.3 is 0 Å². The largest absolute Gasteiger partial charge is 0.472 e. The van der Waals surface area contributed by atoms with Crippen molar-refractivity contribution in [1.29, 1.82) is 0 Å². The van der Waals surface area contributed by atoms with Gasteiger partial charge in [0.25, 0.3) is 0 Å². The number of imidazole rings is 1. The fraction of sp³-hybridized carbons (Fsp3) is 0.250. The molecule has 7 nitrogen and oxygen atoms in total. The first-order valence-corrected chi connectivity index (χ1v) is 7.45. The maximum atomic E-state index is 5.07. The molecule has 0 saturated carbocycles. The van der Waals surface area contributed by atoms with Crippen molar-refractivity contribution in [2.75, 3.05) is 0 Å². The van der Waals surface area contributed by atoms with Gasteiger partial charge in [-0.3, -0.25) is 4.98 Å². The lowest BCUT2D eigenvalue weighted by Gasteiger charge is -1.97. The molecule has 0 radical (unpaired) electrons. The van der Waals surface area contributed by atoms with Crippen LogP contribution < -0.4 is 0 Å². The van der Waals surface area contributed by atoms with Gasteiger partial charge in [-0.05, 0) is 26.3 Å². The molecule has 0 fully saturated rings. The van der Waals surface area contributed by atoms with Crippen molar-refractivity contribution >= 4 is 5.65 Å². The topological polar surface area (TPSA) is 84.9 Å². The number of aromatic nitrogens is 6. The van der Waals surface area contributed by atoms with Gasteiger partial charge in [0.15, 0.2) is 11.5 Å². The second-order valence-corrected chi connectivity index (χ2v) is 5.52. The molecule has 0 aliphatic carbocycles. The zero-order valence-electron chi connectivity index (χ0n) is 12.9. The highest BCUT2D eigenvalue weighted by molar-refractivity contribution is 5.52. The van der Waals surface area contributed by atoms with Gasteiger partial charge in [-0.25, -0.2) is 14.5 Å². The lowest BCUT2D eigenvalue weighted by Crippen LogP contribution is -1.98. The van der Waals surface area contributed by atoms with Crippen LogP contribution in [0, 0.1) is 13.8 Å². The lowest BCUT2D eigenvalue weighted by molar-refractivity contribution is 0.568. The number of aromatic amines is 1. The van der Waals surface area contributed by atoms with Crippen LogP contribution >= 0.6 is 0 Å². The standard InChI is InChI=1S/C16H16N6O/c1-10-7-17-11(2)16-20-14(21-22(10)16)4-3-13-8-18-15(19-13)12-5-6-23-9-12/h5-9H,3-4H2,1-2H3,(H,18,19). The third-order valence-corrected chi connectivity index (χ3v) is 3.79. The zero-order chi connectivity index (χ0) is 15.8. The monoisotopic (exact) mass is 308 g/mol. The summed E-state index contributed by atoms with van der Waals surface area (Å²) in [6, 6.07) is 1.88. The fourth-order valence-electron chi connectivity index (χ4n) is 2.52. The van der Waals surface area contributed by atoms with Crippen LogP contribution in [0.4, 0.5) is 0 Å². The van der Waals surface area contributed by atoms with Crippen LogP contribution in [0.1, 0.15) is 22.9 Å². The summed E-state index contributed by atoms with van der Waals surface area (Å²) < 4.78 is 6.92. The normalized spacial score (nSPS) is 11.4. The second-order valence-electron chi connectivity index (χ2n) is 5.52. The third-order valence-electron chi connectivity index (χ3n) is 3.79. The summed E-state index contributed by atoms with van der Waals surface area (Å²) in [5.74, 6) is 1.62. The van der Waals surface area contributed by atoms with Gasteiger partial charge in [0.05, 0.1) is 23.2 Å². The smallest absolute Gasteiger partial charge is 0.177 e. The van der Waals surface area contributed by atoms with Crippen molar-refractivity contribution in [2.45, 2.75) is 26.7 Å². The molecular weight excluding hydrogens is 292 g/mol. The van der Waals surface area contributed by atoms with Gasteiger partial charge in [0.2, 0.25) is 0 Å². The SMILES string of the molecule is Cc1ncc(C)n2nc(CCc3cnc(-c4ccoc4)[nH]3)nc12. The molecule has 0 aliphatic heterocycles. The zero-order valence-corrected chi connectivity index (χ0v) is 12.9. The first-order chi connectivity index (χ1) is 11.2. The Morgan fingerprint density at radius 3 is 2.87 bits per heavy atom. The number of H-pyrrole nitrogens is 1. The van der Waals surface area contributed by atoms with E-state index in [-0.39, 0.29) is 0 Å². The van der Waals surface area contributed by atoms with E-state index in [4.69, 9.17) is 4.42 Å². The number of hydrogen-bond donors (Lipinski definition) is 1. The molecule has 0 unspecified atom stereocenters. The molecule has 0 spiro atoms. The molecule has 23 heavy (non-hydrogen) atoms. The van der Waals surface area contributed by atoms with Gasteiger partial charge in [0.1, 0.15) is 12.1 Å². The van der Waals surface area contributed by atoms with Crippen molar-refractivity contribution in [3.63, 3.8) is 0 Å². The minimum Gasteiger partial charge on any atom is -0.472 e. The van der Waals surface area contributed by atoms with Gasteiger partial charge in [-0.2, -0.15) is 5.10 Å². The molecule has 7 heteroatoms. The van der Waals surface area contributed by atoms with Crippen LogP contribution in [0.15, 0.2) is 35.4 Å². The number of nitrogens with zero attached hydrogens (tertiary/aromatic N) is 5. The van der Waals surface area contributed by atoms with E-state index in [0.717, 1.165) is 52.8 Å². The van der Waals surface area contributed by atoms with Gasteiger partial charge < -0.3 is 9.40 Å². The molecule has 0 atom stereocenters. The van der Waals surface area contributed by atoms with E-state index < -0.39 is 0 Å². The molecule has 0 bridgehead atoms. The Hall–Kier alpha value is -2.96. The van der Waals surface area contributed by atoms with Crippen molar-refractivity contribution in [3.05, 3.63) is 53.9 Å². The van der Waals surface area contributed by atoms with E-state index in [1.807, 2.05) is 36.8 Å². The fourth-order valence-corrected chi connectivity index (χ4v) is 2.52. The van der Waals surface area contributed by atoms with Gasteiger partial charge in [-0.15, -0.1) is 0 Å². The van der Waals surface area contributed by atoms with E-state index in [2.05, 4.69) is 25.0 Å². The van der Waals surface area contributed by atoms with E-state index >= 15 is 0 Å². The number of nitrogens with one attached hydrogen (secondary N) is 1. The van der Waals surface area contributed by atoms with Crippen LogP contribution in [0.5, 0.6) is 0 Å². The van der Waals surface area contributed by atoms with Crippen LogP contribution in [0.2, 0.25) is 0 Å².